The van der Waals surface area contributed by atoms with Gasteiger partial charge >= 0.3 is 0 Å². The third kappa shape index (κ3) is 7.86. The van der Waals surface area contributed by atoms with Crippen molar-refractivity contribution in [3.05, 3.63) is 59.2 Å². The molecule has 0 atom stereocenters. The van der Waals surface area contributed by atoms with E-state index in [1.165, 1.54) is 16.1 Å². The Bertz CT molecular complexity index is 1010. The number of carbonyl (C=O) groups excluding carboxylic acids is 1. The lowest BCUT2D eigenvalue weighted by Crippen LogP contribution is -2.33. The van der Waals surface area contributed by atoms with E-state index in [1.807, 2.05) is 38.1 Å². The molecule has 0 radical (unpaired) electrons. The summed E-state index contributed by atoms with van der Waals surface area (Å²) in [6.45, 7) is 11.4. The molecule has 176 valence electrons. The Labute approximate surface area is 193 Å². The van der Waals surface area contributed by atoms with Gasteiger partial charge < -0.3 is 10.1 Å². The highest BCUT2D eigenvalue weighted by molar-refractivity contribution is 7.92. The zero-order chi connectivity index (χ0) is 23.9. The zero-order valence-corrected chi connectivity index (χ0v) is 20.9. The molecule has 1 amide bonds. The smallest absolute Gasteiger partial charge is 0.232 e. The first-order valence-electron chi connectivity index (χ1n) is 10.9. The van der Waals surface area contributed by atoms with Gasteiger partial charge in [0.05, 0.1) is 18.5 Å². The van der Waals surface area contributed by atoms with Crippen LogP contribution in [0.2, 0.25) is 0 Å². The van der Waals surface area contributed by atoms with Gasteiger partial charge in [0, 0.05) is 13.0 Å². The molecule has 0 saturated heterocycles. The van der Waals surface area contributed by atoms with Crippen LogP contribution in [0.15, 0.2) is 42.5 Å². The third-order valence-corrected chi connectivity index (χ3v) is 6.55. The molecule has 1 N–H and O–H groups in total. The van der Waals surface area contributed by atoms with E-state index in [2.05, 4.69) is 38.2 Å². The molecular formula is C25H36N2O4S. The lowest BCUT2D eigenvalue weighted by molar-refractivity contribution is -0.121. The van der Waals surface area contributed by atoms with Gasteiger partial charge in [-0.15, -0.1) is 0 Å². The molecule has 2 aromatic rings. The maximum Gasteiger partial charge on any atom is 0.232 e. The lowest BCUT2D eigenvalue weighted by Gasteiger charge is -2.23. The van der Waals surface area contributed by atoms with E-state index < -0.39 is 10.0 Å². The Kier molecular flexibility index (Phi) is 8.73. The molecule has 0 aromatic heterocycles. The molecule has 0 unspecified atom stereocenters. The molecular weight excluding hydrogens is 424 g/mol. The Balaban J connectivity index is 1.76. The molecule has 0 fully saturated rings. The minimum absolute atomic E-state index is 0.0947. The fraction of sp³-hybridized carbons (Fsp3) is 0.480. The van der Waals surface area contributed by atoms with Crippen LogP contribution in [0, 0.1) is 13.8 Å². The fourth-order valence-electron chi connectivity index (χ4n) is 3.25. The second kappa shape index (κ2) is 10.9. The van der Waals surface area contributed by atoms with Crippen molar-refractivity contribution >= 4 is 21.6 Å². The Morgan fingerprint density at radius 2 is 1.69 bits per heavy atom. The largest absolute Gasteiger partial charge is 0.492 e. The number of hydrogen-bond donors (Lipinski definition) is 1. The van der Waals surface area contributed by atoms with Crippen LogP contribution in [0.5, 0.6) is 5.75 Å². The van der Waals surface area contributed by atoms with E-state index in [-0.39, 0.29) is 24.3 Å². The molecule has 2 rings (SSSR count). The van der Waals surface area contributed by atoms with Gasteiger partial charge in [-0.1, -0.05) is 39.0 Å². The quantitative estimate of drug-likeness (QED) is 0.535. The number of ether oxygens (including phenoxy) is 1. The highest BCUT2D eigenvalue weighted by atomic mass is 32.2. The molecule has 0 bridgehead atoms. The standard InChI is InChI=1S/C25H36N2O4S/c1-19-9-12-22(18-20(19)2)27(32(6,29)30)16-7-8-24(28)26-15-17-31-23-13-10-21(11-14-23)25(3,4)5/h9-14,18H,7-8,15-17H2,1-6H3,(H,26,28). The van der Waals surface area contributed by atoms with Gasteiger partial charge in [0.15, 0.2) is 0 Å². The Morgan fingerprint density at radius 3 is 2.25 bits per heavy atom. The van der Waals surface area contributed by atoms with Crippen LogP contribution >= 0.6 is 0 Å². The lowest BCUT2D eigenvalue weighted by atomic mass is 9.87. The van der Waals surface area contributed by atoms with Gasteiger partial charge in [-0.25, -0.2) is 8.42 Å². The van der Waals surface area contributed by atoms with Crippen LogP contribution in [0.1, 0.15) is 50.3 Å². The Morgan fingerprint density at radius 1 is 1.03 bits per heavy atom. The van der Waals surface area contributed by atoms with Crippen molar-refractivity contribution in [1.82, 2.24) is 5.32 Å². The highest BCUT2D eigenvalue weighted by Gasteiger charge is 2.18. The average molecular weight is 461 g/mol. The number of aryl methyl sites for hydroxylation is 2. The van der Waals surface area contributed by atoms with Crippen molar-refractivity contribution in [2.24, 2.45) is 0 Å². The normalized spacial score (nSPS) is 11.8. The predicted molar refractivity (Wildman–Crippen MR) is 131 cm³/mol. The topological polar surface area (TPSA) is 75.7 Å². The van der Waals surface area contributed by atoms with E-state index in [9.17, 15) is 13.2 Å². The monoisotopic (exact) mass is 460 g/mol. The highest BCUT2D eigenvalue weighted by Crippen LogP contribution is 2.24. The summed E-state index contributed by atoms with van der Waals surface area (Å²) in [7, 11) is -3.43. The van der Waals surface area contributed by atoms with Crippen LogP contribution in [-0.4, -0.2) is 40.3 Å². The molecule has 0 aliphatic rings. The van der Waals surface area contributed by atoms with Crippen LogP contribution in [0.3, 0.4) is 0 Å². The van der Waals surface area contributed by atoms with E-state index in [0.29, 0.717) is 25.3 Å². The number of amides is 1. The number of anilines is 1. The molecule has 0 spiro atoms. The Hall–Kier alpha value is -2.54. The molecule has 32 heavy (non-hydrogen) atoms. The van der Waals surface area contributed by atoms with E-state index in [1.54, 1.807) is 6.07 Å². The maximum atomic E-state index is 12.2. The summed E-state index contributed by atoms with van der Waals surface area (Å²) < 4.78 is 31.5. The maximum absolute atomic E-state index is 12.2. The van der Waals surface area contributed by atoms with E-state index >= 15 is 0 Å². The SMILES string of the molecule is Cc1ccc(N(CCCC(=O)NCCOc2ccc(C(C)(C)C)cc2)S(C)(=O)=O)cc1C. The summed E-state index contributed by atoms with van der Waals surface area (Å²) >= 11 is 0. The first-order valence-corrected chi connectivity index (χ1v) is 12.8. The summed E-state index contributed by atoms with van der Waals surface area (Å²) in [5.41, 5.74) is 4.09. The van der Waals surface area contributed by atoms with E-state index in [0.717, 1.165) is 16.9 Å². The van der Waals surface area contributed by atoms with Crippen molar-refractivity contribution in [2.45, 2.75) is 52.9 Å². The van der Waals surface area contributed by atoms with Crippen molar-refractivity contribution in [2.75, 3.05) is 30.3 Å². The first kappa shape index (κ1) is 25.7. The third-order valence-electron chi connectivity index (χ3n) is 5.36. The first-order chi connectivity index (χ1) is 14.9. The minimum atomic E-state index is -3.43. The second-order valence-electron chi connectivity index (χ2n) is 9.18. The molecule has 7 heteroatoms. The van der Waals surface area contributed by atoms with Crippen LogP contribution in [0.4, 0.5) is 5.69 Å². The summed E-state index contributed by atoms with van der Waals surface area (Å²) in [6, 6.07) is 13.6. The van der Waals surface area contributed by atoms with Crippen molar-refractivity contribution < 1.29 is 17.9 Å². The summed E-state index contributed by atoms with van der Waals surface area (Å²) in [5.74, 6) is 0.648. The van der Waals surface area contributed by atoms with Gasteiger partial charge in [-0.2, -0.15) is 0 Å². The number of nitrogens with zero attached hydrogens (tertiary/aromatic N) is 1. The molecule has 0 aliphatic heterocycles. The van der Waals surface area contributed by atoms with Crippen LogP contribution < -0.4 is 14.4 Å². The number of rotatable bonds is 10. The van der Waals surface area contributed by atoms with Gasteiger partial charge in [-0.05, 0) is 66.6 Å². The van der Waals surface area contributed by atoms with Crippen LogP contribution in [0.25, 0.3) is 0 Å². The molecule has 0 heterocycles. The average Bonchev–Trinajstić information content (AvgIpc) is 2.69. The van der Waals surface area contributed by atoms with Crippen LogP contribution in [-0.2, 0) is 20.2 Å². The molecule has 0 saturated carbocycles. The van der Waals surface area contributed by atoms with Crippen molar-refractivity contribution in [3.63, 3.8) is 0 Å². The van der Waals surface area contributed by atoms with Gasteiger partial charge in [0.1, 0.15) is 12.4 Å². The van der Waals surface area contributed by atoms with Gasteiger partial charge in [-0.3, -0.25) is 9.10 Å². The molecule has 6 nitrogen and oxygen atoms in total. The molecule has 0 aliphatic carbocycles. The van der Waals surface area contributed by atoms with Crippen molar-refractivity contribution in [3.8, 4) is 5.75 Å². The fourth-order valence-corrected chi connectivity index (χ4v) is 4.21. The number of carbonyl (C=O) groups is 1. The minimum Gasteiger partial charge on any atom is -0.492 e. The predicted octanol–water partition coefficient (Wildman–Crippen LogP) is 4.34. The number of benzene rings is 2. The summed E-state index contributed by atoms with van der Waals surface area (Å²) in [5, 5.41) is 2.83. The number of hydrogen-bond acceptors (Lipinski definition) is 4. The number of sulfonamides is 1. The summed E-state index contributed by atoms with van der Waals surface area (Å²) in [6.07, 6.45) is 1.87. The zero-order valence-electron chi connectivity index (χ0n) is 20.1. The second-order valence-corrected chi connectivity index (χ2v) is 11.1. The van der Waals surface area contributed by atoms with Gasteiger partial charge in [0.25, 0.3) is 0 Å². The summed E-state index contributed by atoms with van der Waals surface area (Å²) in [4.78, 5) is 12.1. The van der Waals surface area contributed by atoms with Gasteiger partial charge in [0.2, 0.25) is 15.9 Å². The van der Waals surface area contributed by atoms with E-state index in [4.69, 9.17) is 4.74 Å². The van der Waals surface area contributed by atoms with Crippen molar-refractivity contribution in [1.29, 1.82) is 0 Å². The number of nitrogens with one attached hydrogen (secondary N) is 1. The molecule has 2 aromatic carbocycles.